The number of non-ortho nitro benzene ring substituents is 1. The summed E-state index contributed by atoms with van der Waals surface area (Å²) in [6.07, 6.45) is 2.60. The van der Waals surface area contributed by atoms with E-state index in [9.17, 15) is 19.6 Å². The van der Waals surface area contributed by atoms with Gasteiger partial charge in [-0.2, -0.15) is 0 Å². The first-order valence-corrected chi connectivity index (χ1v) is 6.69. The molecule has 0 aliphatic carbocycles. The quantitative estimate of drug-likeness (QED) is 0.580. The number of rotatable bonds is 4. The van der Waals surface area contributed by atoms with Crippen LogP contribution in [-0.2, 0) is 0 Å². The number of nitro benzene ring substituents is 1. The van der Waals surface area contributed by atoms with Crippen LogP contribution in [0.3, 0.4) is 0 Å². The van der Waals surface area contributed by atoms with E-state index in [1.807, 2.05) is 0 Å². The lowest BCUT2D eigenvalue weighted by Gasteiger charge is -2.10. The van der Waals surface area contributed by atoms with Crippen molar-refractivity contribution in [2.24, 2.45) is 0 Å². The van der Waals surface area contributed by atoms with Crippen LogP contribution in [0.25, 0.3) is 10.9 Å². The van der Waals surface area contributed by atoms with Crippen molar-refractivity contribution in [3.63, 3.8) is 0 Å². The first-order chi connectivity index (χ1) is 11.5. The maximum Gasteiger partial charge on any atom is 0.272 e. The van der Waals surface area contributed by atoms with Crippen LogP contribution >= 0.6 is 0 Å². The van der Waals surface area contributed by atoms with Gasteiger partial charge in [-0.1, -0.05) is 0 Å². The highest BCUT2D eigenvalue weighted by Gasteiger charge is 2.15. The standard InChI is InChI=1S/C16H10FN2O5/c1-23-16-8-12-10(7-13(16)20)14(4-5-18-12)24-15-3-2-9(19(21)22)6-11(15)17/h2-4,6-8,20H,1H3. The Morgan fingerprint density at radius 2 is 2.04 bits per heavy atom. The molecule has 0 amide bonds. The summed E-state index contributed by atoms with van der Waals surface area (Å²) in [6, 6.07) is 7.28. The lowest BCUT2D eigenvalue weighted by atomic mass is 10.2. The van der Waals surface area contributed by atoms with Crippen molar-refractivity contribution in [3.8, 4) is 23.0 Å². The highest BCUT2D eigenvalue weighted by molar-refractivity contribution is 5.88. The van der Waals surface area contributed by atoms with E-state index in [1.54, 1.807) is 0 Å². The predicted molar refractivity (Wildman–Crippen MR) is 81.9 cm³/mol. The highest BCUT2D eigenvalue weighted by Crippen LogP contribution is 2.37. The van der Waals surface area contributed by atoms with Crippen LogP contribution in [0.5, 0.6) is 23.0 Å². The van der Waals surface area contributed by atoms with E-state index in [0.717, 1.165) is 18.2 Å². The summed E-state index contributed by atoms with van der Waals surface area (Å²) in [6.45, 7) is 0. The molecule has 0 saturated carbocycles. The largest absolute Gasteiger partial charge is 0.504 e. The van der Waals surface area contributed by atoms with E-state index in [1.165, 1.54) is 25.3 Å². The number of nitro groups is 1. The van der Waals surface area contributed by atoms with Gasteiger partial charge in [0.15, 0.2) is 23.1 Å². The average Bonchev–Trinajstić information content (AvgIpc) is 2.56. The summed E-state index contributed by atoms with van der Waals surface area (Å²) in [5.74, 6) is -0.802. The minimum atomic E-state index is -0.883. The molecule has 0 spiro atoms. The molecule has 1 aromatic heterocycles. The summed E-state index contributed by atoms with van der Waals surface area (Å²) >= 11 is 0. The molecule has 24 heavy (non-hydrogen) atoms. The fourth-order valence-electron chi connectivity index (χ4n) is 2.14. The van der Waals surface area contributed by atoms with Crippen LogP contribution in [0.1, 0.15) is 0 Å². The Labute approximate surface area is 135 Å². The third-order valence-corrected chi connectivity index (χ3v) is 3.29. The number of methoxy groups -OCH3 is 1. The van der Waals surface area contributed by atoms with Crippen LogP contribution in [0, 0.1) is 22.1 Å². The molecule has 0 aliphatic heterocycles. The molecule has 0 atom stereocenters. The molecule has 3 rings (SSSR count). The van der Waals surface area contributed by atoms with Gasteiger partial charge >= 0.3 is 0 Å². The first-order valence-electron chi connectivity index (χ1n) is 6.69. The number of hydrogen-bond donors (Lipinski definition) is 1. The molecular formula is C16H10FN2O5. The Hall–Kier alpha value is -3.42. The maximum absolute atomic E-state index is 14.0. The van der Waals surface area contributed by atoms with Gasteiger partial charge in [-0.05, 0) is 12.1 Å². The van der Waals surface area contributed by atoms with E-state index < -0.39 is 10.7 Å². The monoisotopic (exact) mass is 329 g/mol. The van der Waals surface area contributed by atoms with Gasteiger partial charge in [-0.15, -0.1) is 0 Å². The smallest absolute Gasteiger partial charge is 0.272 e. The second kappa shape index (κ2) is 5.99. The van der Waals surface area contributed by atoms with Gasteiger partial charge in [0.05, 0.1) is 29.8 Å². The Bertz CT molecular complexity index is 945. The van der Waals surface area contributed by atoms with E-state index in [4.69, 9.17) is 9.47 Å². The molecule has 1 radical (unpaired) electrons. The van der Waals surface area contributed by atoms with E-state index in [2.05, 4.69) is 11.2 Å². The topological polar surface area (TPSA) is 94.7 Å². The number of aromatic nitrogens is 1. The number of fused-ring (bicyclic) bond motifs is 1. The van der Waals surface area contributed by atoms with Gasteiger partial charge < -0.3 is 14.6 Å². The van der Waals surface area contributed by atoms with E-state index in [0.29, 0.717) is 10.9 Å². The third kappa shape index (κ3) is 2.76. The molecule has 0 saturated heterocycles. The van der Waals surface area contributed by atoms with Gasteiger partial charge in [0.1, 0.15) is 5.75 Å². The van der Waals surface area contributed by atoms with Crippen LogP contribution in [0.15, 0.2) is 36.4 Å². The number of hydrogen-bond acceptors (Lipinski definition) is 6. The molecule has 0 aliphatic rings. The second-order valence-electron chi connectivity index (χ2n) is 4.76. The van der Waals surface area contributed by atoms with Gasteiger partial charge in [0, 0.05) is 23.6 Å². The molecule has 0 bridgehead atoms. The molecule has 1 heterocycles. The fraction of sp³-hybridized carbons (Fsp3) is 0.0625. The average molecular weight is 329 g/mol. The lowest BCUT2D eigenvalue weighted by Crippen LogP contribution is -1.94. The Morgan fingerprint density at radius 1 is 1.25 bits per heavy atom. The third-order valence-electron chi connectivity index (χ3n) is 3.29. The van der Waals surface area contributed by atoms with Crippen molar-refractivity contribution >= 4 is 16.6 Å². The van der Waals surface area contributed by atoms with Crippen molar-refractivity contribution in [2.75, 3.05) is 7.11 Å². The summed E-state index contributed by atoms with van der Waals surface area (Å²) in [7, 11) is 1.40. The molecule has 7 nitrogen and oxygen atoms in total. The van der Waals surface area contributed by atoms with Crippen molar-refractivity contribution in [2.45, 2.75) is 0 Å². The number of halogens is 1. The molecule has 121 valence electrons. The molecule has 1 N–H and O–H groups in total. The number of nitrogens with zero attached hydrogens (tertiary/aromatic N) is 2. The molecule has 0 fully saturated rings. The zero-order chi connectivity index (χ0) is 17.3. The van der Waals surface area contributed by atoms with Crippen LogP contribution in [-0.4, -0.2) is 22.1 Å². The van der Waals surface area contributed by atoms with Crippen molar-refractivity contribution in [1.29, 1.82) is 0 Å². The van der Waals surface area contributed by atoms with Gasteiger partial charge in [0.25, 0.3) is 5.69 Å². The second-order valence-corrected chi connectivity index (χ2v) is 4.76. The summed E-state index contributed by atoms with van der Waals surface area (Å²) in [5.41, 5.74) is 0.0397. The van der Waals surface area contributed by atoms with Crippen molar-refractivity contribution in [3.05, 3.63) is 58.5 Å². The Balaban J connectivity index is 2.04. The van der Waals surface area contributed by atoms with Crippen LogP contribution < -0.4 is 9.47 Å². The number of phenolic OH excluding ortho intramolecular Hbond substituents is 1. The zero-order valence-corrected chi connectivity index (χ0v) is 12.3. The van der Waals surface area contributed by atoms with E-state index >= 15 is 0 Å². The number of phenols is 1. The normalized spacial score (nSPS) is 10.6. The highest BCUT2D eigenvalue weighted by atomic mass is 19.1. The molecule has 8 heteroatoms. The number of ether oxygens (including phenoxy) is 2. The first kappa shape index (κ1) is 15.5. The minimum Gasteiger partial charge on any atom is -0.504 e. The van der Waals surface area contributed by atoms with Gasteiger partial charge in [-0.25, -0.2) is 9.37 Å². The number of benzene rings is 2. The molecule has 2 aromatic carbocycles. The van der Waals surface area contributed by atoms with Gasteiger partial charge in [0.2, 0.25) is 0 Å². The minimum absolute atomic E-state index is 0.132. The lowest BCUT2D eigenvalue weighted by molar-refractivity contribution is -0.385. The van der Waals surface area contributed by atoms with Crippen LogP contribution in [0.2, 0.25) is 0 Å². The van der Waals surface area contributed by atoms with Crippen LogP contribution in [0.4, 0.5) is 10.1 Å². The zero-order valence-electron chi connectivity index (χ0n) is 12.3. The maximum atomic E-state index is 14.0. The summed E-state index contributed by atoms with van der Waals surface area (Å²) in [4.78, 5) is 14.0. The van der Waals surface area contributed by atoms with Crippen molar-refractivity contribution < 1.29 is 23.9 Å². The fourth-order valence-corrected chi connectivity index (χ4v) is 2.14. The SMILES string of the molecule is COc1cc2n[c]cc(Oc3ccc([N+](=O)[O-])cc3F)c2cc1O. The Morgan fingerprint density at radius 3 is 2.71 bits per heavy atom. The van der Waals surface area contributed by atoms with E-state index in [-0.39, 0.29) is 28.7 Å². The number of aromatic hydroxyl groups is 1. The van der Waals surface area contributed by atoms with Gasteiger partial charge in [-0.3, -0.25) is 10.1 Å². The van der Waals surface area contributed by atoms with Crippen molar-refractivity contribution in [1.82, 2.24) is 4.98 Å². The number of pyridine rings is 1. The molecule has 3 aromatic rings. The summed E-state index contributed by atoms with van der Waals surface area (Å²) in [5, 5.41) is 20.9. The molecule has 0 unspecified atom stereocenters. The molecular weight excluding hydrogens is 319 g/mol. The summed E-state index contributed by atoms with van der Waals surface area (Å²) < 4.78 is 24.4. The predicted octanol–water partition coefficient (Wildman–Crippen LogP) is 3.59. The Kier molecular flexibility index (Phi) is 3.87.